The topological polar surface area (TPSA) is 44.8 Å². The molecule has 0 aliphatic rings. The van der Waals surface area contributed by atoms with Gasteiger partial charge in [-0.3, -0.25) is 4.79 Å². The fourth-order valence-corrected chi connectivity index (χ4v) is 0.920. The Morgan fingerprint density at radius 2 is 1.62 bits per heavy atom. The first-order valence-corrected chi connectivity index (χ1v) is 5.86. The molecular formula is C10H23O4SSb. The van der Waals surface area contributed by atoms with E-state index in [9.17, 15) is 4.79 Å². The van der Waals surface area contributed by atoms with Gasteiger partial charge in [0.05, 0.1) is 25.6 Å². The van der Waals surface area contributed by atoms with Gasteiger partial charge < -0.3 is 14.2 Å². The number of unbranched alkanes of at least 4 members (excludes halogenated alkanes) is 1. The molecule has 0 saturated heterocycles. The van der Waals surface area contributed by atoms with Crippen molar-refractivity contribution in [1.82, 2.24) is 0 Å². The summed E-state index contributed by atoms with van der Waals surface area (Å²) in [5, 5.41) is 0. The molecule has 0 bridgehead atoms. The van der Waals surface area contributed by atoms with Crippen LogP contribution in [-0.4, -0.2) is 69.2 Å². The van der Waals surface area contributed by atoms with Crippen LogP contribution in [0, 0.1) is 0 Å². The molecule has 0 N–H and O–H groups in total. The van der Waals surface area contributed by atoms with Crippen LogP contribution in [0.5, 0.6) is 0 Å². The van der Waals surface area contributed by atoms with Gasteiger partial charge in [0, 0.05) is 6.61 Å². The fraction of sp³-hybridized carbons (Fsp3) is 0.900. The van der Waals surface area contributed by atoms with E-state index in [1.165, 1.54) is 0 Å². The van der Waals surface area contributed by atoms with Gasteiger partial charge >= 0.3 is 30.4 Å². The summed E-state index contributed by atoms with van der Waals surface area (Å²) in [6.45, 7) is 4.75. The van der Waals surface area contributed by atoms with E-state index in [2.05, 4.69) is 19.6 Å². The Hall–Kier alpha value is 0.558. The van der Waals surface area contributed by atoms with Gasteiger partial charge in [0.15, 0.2) is 0 Å². The summed E-state index contributed by atoms with van der Waals surface area (Å²) in [7, 11) is 0. The molecule has 0 spiro atoms. The van der Waals surface area contributed by atoms with Crippen molar-refractivity contribution >= 4 is 43.0 Å². The number of hydrogen-bond donors (Lipinski definition) is 1. The van der Waals surface area contributed by atoms with Crippen molar-refractivity contribution in [3.05, 3.63) is 0 Å². The number of carbonyl (C=O) groups excluding carboxylic acids is 1. The van der Waals surface area contributed by atoms with Gasteiger partial charge in [-0.05, 0) is 6.42 Å². The summed E-state index contributed by atoms with van der Waals surface area (Å²) in [5.41, 5.74) is 0. The predicted molar refractivity (Wildman–Crippen MR) is 71.3 cm³/mol. The first-order chi connectivity index (χ1) is 7.31. The number of thiol groups is 1. The third kappa shape index (κ3) is 14.6. The number of ether oxygens (including phenoxy) is 3. The SMILES string of the molecule is CCCCOCCOCCOC(=O)CS.[SbH3]. The third-order valence-electron chi connectivity index (χ3n) is 1.63. The van der Waals surface area contributed by atoms with Gasteiger partial charge in [-0.25, -0.2) is 0 Å². The maximum absolute atomic E-state index is 10.6. The van der Waals surface area contributed by atoms with Crippen LogP contribution in [0.3, 0.4) is 0 Å². The van der Waals surface area contributed by atoms with Crippen molar-refractivity contribution in [3.63, 3.8) is 0 Å². The zero-order chi connectivity index (χ0) is 11.4. The first kappa shape index (κ1) is 18.9. The quantitative estimate of drug-likeness (QED) is 0.260. The van der Waals surface area contributed by atoms with Gasteiger partial charge in [0.1, 0.15) is 6.61 Å². The molecule has 0 aromatic carbocycles. The van der Waals surface area contributed by atoms with E-state index in [4.69, 9.17) is 14.2 Å². The van der Waals surface area contributed by atoms with Crippen LogP contribution in [-0.2, 0) is 19.0 Å². The second-order valence-electron chi connectivity index (χ2n) is 2.96. The minimum absolute atomic E-state index is 0. The Morgan fingerprint density at radius 1 is 1.06 bits per heavy atom. The Kier molecular flexibility index (Phi) is 18.4. The van der Waals surface area contributed by atoms with Crippen molar-refractivity contribution < 1.29 is 19.0 Å². The molecule has 0 unspecified atom stereocenters. The van der Waals surface area contributed by atoms with Crippen molar-refractivity contribution in [2.75, 3.05) is 38.8 Å². The monoisotopic (exact) mass is 360 g/mol. The van der Waals surface area contributed by atoms with Gasteiger partial charge in [-0.15, -0.1) is 0 Å². The zero-order valence-corrected chi connectivity index (χ0v) is 14.9. The molecule has 0 aliphatic carbocycles. The molecule has 0 atom stereocenters. The van der Waals surface area contributed by atoms with E-state index in [1.807, 2.05) is 0 Å². The average Bonchev–Trinajstić information content (AvgIpc) is 2.26. The molecule has 0 aliphatic heterocycles. The Labute approximate surface area is 120 Å². The predicted octanol–water partition coefficient (Wildman–Crippen LogP) is 0.109. The molecule has 0 amide bonds. The van der Waals surface area contributed by atoms with Crippen LogP contribution in [0.1, 0.15) is 19.8 Å². The van der Waals surface area contributed by atoms with Crippen LogP contribution < -0.4 is 0 Å². The van der Waals surface area contributed by atoms with Crippen molar-refractivity contribution in [2.45, 2.75) is 19.8 Å². The summed E-state index contributed by atoms with van der Waals surface area (Å²) in [6.07, 6.45) is 2.22. The Balaban J connectivity index is 0. The van der Waals surface area contributed by atoms with Crippen LogP contribution >= 0.6 is 12.6 Å². The molecular weight excluding hydrogens is 338 g/mol. The van der Waals surface area contributed by atoms with Crippen LogP contribution in [0.25, 0.3) is 0 Å². The average molecular weight is 361 g/mol. The van der Waals surface area contributed by atoms with E-state index in [0.717, 1.165) is 19.4 Å². The Morgan fingerprint density at radius 3 is 2.19 bits per heavy atom. The first-order valence-electron chi connectivity index (χ1n) is 5.23. The number of esters is 1. The van der Waals surface area contributed by atoms with Crippen LogP contribution in [0.2, 0.25) is 0 Å². The van der Waals surface area contributed by atoms with Crippen molar-refractivity contribution in [1.29, 1.82) is 0 Å². The third-order valence-corrected chi connectivity index (χ3v) is 1.89. The van der Waals surface area contributed by atoms with E-state index in [0.29, 0.717) is 19.8 Å². The molecule has 0 rings (SSSR count). The molecule has 98 valence electrons. The van der Waals surface area contributed by atoms with Crippen molar-refractivity contribution in [2.24, 2.45) is 0 Å². The molecule has 0 saturated carbocycles. The fourth-order valence-electron chi connectivity index (χ4n) is 0.828. The Bertz CT molecular complexity index is 158. The summed E-state index contributed by atoms with van der Waals surface area (Å²) >= 11 is 3.77. The molecule has 16 heavy (non-hydrogen) atoms. The van der Waals surface area contributed by atoms with Gasteiger partial charge in [0.25, 0.3) is 0 Å². The van der Waals surface area contributed by atoms with Crippen LogP contribution in [0.4, 0.5) is 0 Å². The maximum atomic E-state index is 10.6. The van der Waals surface area contributed by atoms with E-state index < -0.39 is 0 Å². The van der Waals surface area contributed by atoms with E-state index in [-0.39, 0.29) is 42.8 Å². The second kappa shape index (κ2) is 15.6. The van der Waals surface area contributed by atoms with Crippen LogP contribution in [0.15, 0.2) is 0 Å². The molecule has 0 aromatic heterocycles. The summed E-state index contributed by atoms with van der Waals surface area (Å²) in [4.78, 5) is 10.6. The second-order valence-corrected chi connectivity index (χ2v) is 3.27. The minimum atomic E-state index is -0.318. The number of hydrogen-bond acceptors (Lipinski definition) is 5. The summed E-state index contributed by atoms with van der Waals surface area (Å²) < 4.78 is 15.2. The molecule has 0 aromatic rings. The van der Waals surface area contributed by atoms with Gasteiger partial charge in [-0.2, -0.15) is 12.6 Å². The molecule has 6 heteroatoms. The van der Waals surface area contributed by atoms with Gasteiger partial charge in [0.2, 0.25) is 0 Å². The normalized spacial score (nSPS) is 9.62. The van der Waals surface area contributed by atoms with E-state index in [1.54, 1.807) is 0 Å². The standard InChI is InChI=1S/C10H20O4S.Sb.3H/c1-2-3-4-12-5-6-13-7-8-14-10(11)9-15;;;;/h15H,2-9H2,1H3;;;;. The van der Waals surface area contributed by atoms with E-state index >= 15 is 0 Å². The molecule has 0 heterocycles. The molecule has 0 radical (unpaired) electrons. The molecule has 4 nitrogen and oxygen atoms in total. The van der Waals surface area contributed by atoms with Gasteiger partial charge in [-0.1, -0.05) is 13.3 Å². The summed E-state index contributed by atoms with van der Waals surface area (Å²) in [5.74, 6) is -0.207. The summed E-state index contributed by atoms with van der Waals surface area (Å²) in [6, 6.07) is 0. The zero-order valence-electron chi connectivity index (χ0n) is 9.94. The molecule has 0 fully saturated rings. The number of carbonyl (C=O) groups is 1. The number of rotatable bonds is 10. The van der Waals surface area contributed by atoms with Crippen molar-refractivity contribution in [3.8, 4) is 0 Å².